The Morgan fingerprint density at radius 2 is 2.27 bits per heavy atom. The van der Waals surface area contributed by atoms with Crippen molar-refractivity contribution < 1.29 is 4.79 Å². The number of aryl methyl sites for hydroxylation is 1. The predicted octanol–water partition coefficient (Wildman–Crippen LogP) is 3.70. The zero-order valence-electron chi connectivity index (χ0n) is 7.99. The predicted molar refractivity (Wildman–Crippen MR) is 66.9 cm³/mol. The summed E-state index contributed by atoms with van der Waals surface area (Å²) in [6.07, 6.45) is 0.397. The summed E-state index contributed by atoms with van der Waals surface area (Å²) >= 11 is 6.42. The Kier molecular flexibility index (Phi) is 3.33. The van der Waals surface area contributed by atoms with E-state index >= 15 is 0 Å². The number of nitrogens with zero attached hydrogens (tertiary/aromatic N) is 1. The molecule has 2 heterocycles. The third-order valence-corrected chi connectivity index (χ3v) is 4.56. The Morgan fingerprint density at radius 3 is 2.80 bits per heavy atom. The maximum absolute atomic E-state index is 11.8. The van der Waals surface area contributed by atoms with Gasteiger partial charge in [0.05, 0.1) is 6.42 Å². The first-order chi connectivity index (χ1) is 7.16. The highest BCUT2D eigenvalue weighted by atomic mass is 79.9. The van der Waals surface area contributed by atoms with Gasteiger partial charge in [0, 0.05) is 31.9 Å². The van der Waals surface area contributed by atoms with E-state index in [0.29, 0.717) is 6.42 Å². The number of ketones is 1. The highest BCUT2D eigenvalue weighted by molar-refractivity contribution is 9.10. The molecule has 2 aromatic heterocycles. The summed E-state index contributed by atoms with van der Waals surface area (Å²) in [5.41, 5.74) is 1.74. The minimum atomic E-state index is 0.123. The molecule has 0 amide bonds. The van der Waals surface area contributed by atoms with Crippen LogP contribution in [0.1, 0.15) is 21.1 Å². The van der Waals surface area contributed by atoms with E-state index < -0.39 is 0 Å². The Bertz CT molecular complexity index is 489. The SMILES string of the molecule is Cc1csc(CC(=O)c2cscc2Br)n1. The molecule has 0 aromatic carbocycles. The van der Waals surface area contributed by atoms with Crippen LogP contribution >= 0.6 is 38.6 Å². The lowest BCUT2D eigenvalue weighted by Crippen LogP contribution is -2.02. The Hall–Kier alpha value is -0.520. The summed E-state index contributed by atoms with van der Waals surface area (Å²) in [5.74, 6) is 0.123. The fourth-order valence-corrected chi connectivity index (χ4v) is 3.49. The fraction of sp³-hybridized carbons (Fsp3) is 0.200. The Balaban J connectivity index is 2.14. The molecular weight excluding hydrogens is 294 g/mol. The second kappa shape index (κ2) is 4.55. The minimum Gasteiger partial charge on any atom is -0.294 e. The van der Waals surface area contributed by atoms with Crippen molar-refractivity contribution in [1.82, 2.24) is 4.98 Å². The van der Waals surface area contributed by atoms with Gasteiger partial charge in [-0.15, -0.1) is 11.3 Å². The topological polar surface area (TPSA) is 30.0 Å². The Morgan fingerprint density at radius 1 is 1.47 bits per heavy atom. The largest absolute Gasteiger partial charge is 0.294 e. The van der Waals surface area contributed by atoms with E-state index in [-0.39, 0.29) is 5.78 Å². The number of hydrogen-bond donors (Lipinski definition) is 0. The quantitative estimate of drug-likeness (QED) is 0.809. The number of carbonyl (C=O) groups excluding carboxylic acids is 1. The van der Waals surface area contributed by atoms with Gasteiger partial charge >= 0.3 is 0 Å². The van der Waals surface area contributed by atoms with Gasteiger partial charge < -0.3 is 0 Å². The summed E-state index contributed by atoms with van der Waals surface area (Å²) in [7, 11) is 0. The van der Waals surface area contributed by atoms with Crippen LogP contribution in [0.4, 0.5) is 0 Å². The molecule has 2 nitrogen and oxygen atoms in total. The molecule has 0 unspecified atom stereocenters. The molecule has 0 aliphatic heterocycles. The van der Waals surface area contributed by atoms with E-state index in [1.165, 1.54) is 22.7 Å². The van der Waals surface area contributed by atoms with E-state index in [2.05, 4.69) is 20.9 Å². The van der Waals surface area contributed by atoms with E-state index in [4.69, 9.17) is 0 Å². The minimum absolute atomic E-state index is 0.123. The molecule has 0 aliphatic rings. The number of carbonyl (C=O) groups is 1. The molecule has 0 N–H and O–H groups in total. The van der Waals surface area contributed by atoms with Crippen LogP contribution < -0.4 is 0 Å². The maximum atomic E-state index is 11.8. The van der Waals surface area contributed by atoms with Gasteiger partial charge in [-0.1, -0.05) is 0 Å². The van der Waals surface area contributed by atoms with Crippen molar-refractivity contribution in [2.75, 3.05) is 0 Å². The highest BCUT2D eigenvalue weighted by Gasteiger charge is 2.13. The van der Waals surface area contributed by atoms with Gasteiger partial charge in [-0.05, 0) is 22.9 Å². The molecule has 0 bridgehead atoms. The molecule has 2 rings (SSSR count). The van der Waals surface area contributed by atoms with Gasteiger partial charge in [0.2, 0.25) is 0 Å². The van der Waals surface area contributed by atoms with Crippen molar-refractivity contribution in [2.24, 2.45) is 0 Å². The normalized spacial score (nSPS) is 10.5. The fourth-order valence-electron chi connectivity index (χ4n) is 1.20. The lowest BCUT2D eigenvalue weighted by molar-refractivity contribution is 0.0992. The van der Waals surface area contributed by atoms with Gasteiger partial charge in [-0.2, -0.15) is 11.3 Å². The first-order valence-electron chi connectivity index (χ1n) is 4.32. The molecule has 15 heavy (non-hydrogen) atoms. The van der Waals surface area contributed by atoms with E-state index in [9.17, 15) is 4.79 Å². The molecule has 0 spiro atoms. The number of aromatic nitrogens is 1. The van der Waals surface area contributed by atoms with Crippen molar-refractivity contribution in [2.45, 2.75) is 13.3 Å². The van der Waals surface area contributed by atoms with Crippen LogP contribution in [0.3, 0.4) is 0 Å². The molecule has 78 valence electrons. The van der Waals surface area contributed by atoms with E-state index in [1.54, 1.807) is 0 Å². The smallest absolute Gasteiger partial charge is 0.171 e. The summed E-state index contributed by atoms with van der Waals surface area (Å²) in [6, 6.07) is 0. The van der Waals surface area contributed by atoms with Gasteiger partial charge in [0.15, 0.2) is 5.78 Å². The summed E-state index contributed by atoms with van der Waals surface area (Å²) in [6.45, 7) is 1.94. The maximum Gasteiger partial charge on any atom is 0.171 e. The van der Waals surface area contributed by atoms with Crippen LogP contribution in [0.25, 0.3) is 0 Å². The molecule has 0 radical (unpaired) electrons. The van der Waals surface area contributed by atoms with Gasteiger partial charge in [0.1, 0.15) is 5.01 Å². The van der Waals surface area contributed by atoms with Crippen molar-refractivity contribution >= 4 is 44.4 Å². The molecule has 0 saturated heterocycles. The molecular formula is C10H8BrNOS2. The van der Waals surface area contributed by atoms with Crippen LogP contribution in [-0.4, -0.2) is 10.8 Å². The number of thiophene rings is 1. The second-order valence-corrected chi connectivity index (χ2v) is 5.66. The first-order valence-corrected chi connectivity index (χ1v) is 6.94. The van der Waals surface area contributed by atoms with Crippen LogP contribution in [0, 0.1) is 6.92 Å². The van der Waals surface area contributed by atoms with Crippen molar-refractivity contribution in [1.29, 1.82) is 0 Å². The molecule has 0 aliphatic carbocycles. The zero-order chi connectivity index (χ0) is 10.8. The third-order valence-electron chi connectivity index (χ3n) is 1.89. The van der Waals surface area contributed by atoms with Gasteiger partial charge in [-0.3, -0.25) is 4.79 Å². The van der Waals surface area contributed by atoms with Crippen LogP contribution in [0.5, 0.6) is 0 Å². The second-order valence-electron chi connectivity index (χ2n) is 3.12. The number of thiazole rings is 1. The molecule has 0 fully saturated rings. The van der Waals surface area contributed by atoms with Crippen molar-refractivity contribution in [3.05, 3.63) is 36.9 Å². The van der Waals surface area contributed by atoms with Gasteiger partial charge in [-0.25, -0.2) is 4.98 Å². The number of rotatable bonds is 3. The summed E-state index contributed by atoms with van der Waals surface area (Å²) in [4.78, 5) is 16.1. The average molecular weight is 302 g/mol. The molecule has 0 atom stereocenters. The molecule has 5 heteroatoms. The van der Waals surface area contributed by atoms with E-state index in [1.807, 2.05) is 23.1 Å². The monoisotopic (exact) mass is 301 g/mol. The first kappa shape index (κ1) is 11.0. The van der Waals surface area contributed by atoms with Gasteiger partial charge in [0.25, 0.3) is 0 Å². The number of halogens is 1. The van der Waals surface area contributed by atoms with Crippen LogP contribution in [-0.2, 0) is 6.42 Å². The molecule has 2 aromatic rings. The van der Waals surface area contributed by atoms with Crippen molar-refractivity contribution in [3.8, 4) is 0 Å². The average Bonchev–Trinajstić information content (AvgIpc) is 2.75. The Labute approximate surface area is 104 Å². The van der Waals surface area contributed by atoms with E-state index in [0.717, 1.165) is 20.7 Å². The summed E-state index contributed by atoms with van der Waals surface area (Å²) in [5, 5.41) is 6.63. The van der Waals surface area contributed by atoms with Crippen molar-refractivity contribution in [3.63, 3.8) is 0 Å². The lowest BCUT2D eigenvalue weighted by Gasteiger charge is -1.95. The third kappa shape index (κ3) is 2.53. The lowest BCUT2D eigenvalue weighted by atomic mass is 10.2. The van der Waals surface area contributed by atoms with Crippen LogP contribution in [0.15, 0.2) is 20.6 Å². The number of hydrogen-bond acceptors (Lipinski definition) is 4. The molecule has 0 saturated carbocycles. The summed E-state index contributed by atoms with van der Waals surface area (Å²) < 4.78 is 0.880. The zero-order valence-corrected chi connectivity index (χ0v) is 11.2. The standard InChI is InChI=1S/C10H8BrNOS2/c1-6-3-15-10(12-6)2-9(13)7-4-14-5-8(7)11/h3-5H,2H2,1H3. The van der Waals surface area contributed by atoms with Crippen LogP contribution in [0.2, 0.25) is 0 Å². The highest BCUT2D eigenvalue weighted by Crippen LogP contribution is 2.23. The number of Topliss-reactive ketones (excluding diaryl/α,β-unsaturated/α-hetero) is 1.